The lowest BCUT2D eigenvalue weighted by atomic mass is 9.90. The molecule has 126 valence electrons. The van der Waals surface area contributed by atoms with Crippen molar-refractivity contribution in [1.82, 2.24) is 15.1 Å². The highest BCUT2D eigenvalue weighted by atomic mass is 32.1. The second-order valence-electron chi connectivity index (χ2n) is 6.10. The Morgan fingerprint density at radius 1 is 1.22 bits per heavy atom. The highest BCUT2D eigenvalue weighted by Gasteiger charge is 2.25. The van der Waals surface area contributed by atoms with Crippen LogP contribution in [0.3, 0.4) is 0 Å². The van der Waals surface area contributed by atoms with Crippen LogP contribution < -0.4 is 4.90 Å². The molecule has 3 rings (SSSR count). The fourth-order valence-corrected chi connectivity index (χ4v) is 4.23. The van der Waals surface area contributed by atoms with Crippen LogP contribution in [0.5, 0.6) is 0 Å². The minimum absolute atomic E-state index is 0.260. The molecule has 0 atom stereocenters. The number of aromatic nitrogens is 2. The van der Waals surface area contributed by atoms with Crippen LogP contribution in [0.1, 0.15) is 43.0 Å². The summed E-state index contributed by atoms with van der Waals surface area (Å²) in [6.07, 6.45) is 7.80. The summed E-state index contributed by atoms with van der Waals surface area (Å²) in [6, 6.07) is 0. The van der Waals surface area contributed by atoms with Gasteiger partial charge in [-0.1, -0.05) is 43.3 Å². The van der Waals surface area contributed by atoms with Gasteiger partial charge < -0.3 is 14.5 Å². The van der Waals surface area contributed by atoms with Gasteiger partial charge in [0.25, 0.3) is 0 Å². The molecule has 23 heavy (non-hydrogen) atoms. The van der Waals surface area contributed by atoms with E-state index in [4.69, 9.17) is 4.74 Å². The summed E-state index contributed by atoms with van der Waals surface area (Å²) in [5.74, 6) is 0.602. The zero-order valence-corrected chi connectivity index (χ0v) is 14.3. The highest BCUT2D eigenvalue weighted by Crippen LogP contribution is 2.36. The quantitative estimate of drug-likeness (QED) is 0.791. The number of anilines is 1. The normalized spacial score (nSPS) is 19.7. The summed E-state index contributed by atoms with van der Waals surface area (Å²) in [5, 5.41) is 11.0. The van der Waals surface area contributed by atoms with Crippen molar-refractivity contribution in [1.29, 1.82) is 0 Å². The molecule has 1 aromatic heterocycles. The second-order valence-corrected chi connectivity index (χ2v) is 7.09. The first kappa shape index (κ1) is 16.2. The monoisotopic (exact) mass is 336 g/mol. The topological polar surface area (TPSA) is 58.6 Å². The van der Waals surface area contributed by atoms with Gasteiger partial charge >= 0.3 is 6.09 Å². The van der Waals surface area contributed by atoms with E-state index in [2.05, 4.69) is 21.7 Å². The summed E-state index contributed by atoms with van der Waals surface area (Å²) in [6.45, 7) is 6.70. The van der Waals surface area contributed by atoms with Gasteiger partial charge in [0.05, 0.1) is 0 Å². The van der Waals surface area contributed by atoms with Crippen LogP contribution in [0.25, 0.3) is 0 Å². The number of carbonyl (C=O) groups excluding carboxylic acids is 1. The lowest BCUT2D eigenvalue weighted by Gasteiger charge is -2.33. The van der Waals surface area contributed by atoms with Crippen LogP contribution in [0.2, 0.25) is 0 Å². The molecule has 6 nitrogen and oxygen atoms in total. The standard InChI is InChI=1S/C16H24N4O2S/c1-2-12-22-16(21)20-10-8-19(9-11-20)15-18-17-14(23-15)13-6-4-3-5-7-13/h2,13H,1,3-12H2. The van der Waals surface area contributed by atoms with E-state index in [1.807, 2.05) is 0 Å². The zero-order chi connectivity index (χ0) is 16.1. The van der Waals surface area contributed by atoms with E-state index >= 15 is 0 Å². The van der Waals surface area contributed by atoms with Crippen LogP contribution in [0.15, 0.2) is 12.7 Å². The van der Waals surface area contributed by atoms with Gasteiger partial charge in [0, 0.05) is 32.1 Å². The smallest absolute Gasteiger partial charge is 0.410 e. The van der Waals surface area contributed by atoms with Crippen molar-refractivity contribution in [2.45, 2.75) is 38.0 Å². The van der Waals surface area contributed by atoms with E-state index in [1.165, 1.54) is 37.1 Å². The summed E-state index contributed by atoms with van der Waals surface area (Å²) in [7, 11) is 0. The molecule has 2 aliphatic rings. The lowest BCUT2D eigenvalue weighted by molar-refractivity contribution is 0.110. The van der Waals surface area contributed by atoms with Crippen molar-refractivity contribution >= 4 is 22.6 Å². The van der Waals surface area contributed by atoms with Gasteiger partial charge in [-0.05, 0) is 12.8 Å². The van der Waals surface area contributed by atoms with Gasteiger partial charge in [0.1, 0.15) is 11.6 Å². The Morgan fingerprint density at radius 3 is 2.65 bits per heavy atom. The molecule has 2 fully saturated rings. The highest BCUT2D eigenvalue weighted by molar-refractivity contribution is 7.15. The molecule has 0 spiro atoms. The minimum atomic E-state index is -0.260. The molecule has 1 aliphatic heterocycles. The number of amides is 1. The van der Waals surface area contributed by atoms with E-state index in [-0.39, 0.29) is 12.7 Å². The summed E-state index contributed by atoms with van der Waals surface area (Å²) in [4.78, 5) is 15.8. The molecule has 0 N–H and O–H groups in total. The number of ether oxygens (including phenoxy) is 1. The van der Waals surface area contributed by atoms with Crippen molar-refractivity contribution in [3.05, 3.63) is 17.7 Å². The molecule has 7 heteroatoms. The number of hydrogen-bond acceptors (Lipinski definition) is 6. The minimum Gasteiger partial charge on any atom is -0.445 e. The number of piperazine rings is 1. The molecule has 0 radical (unpaired) electrons. The van der Waals surface area contributed by atoms with Gasteiger partial charge in [0.15, 0.2) is 0 Å². The molecular formula is C16H24N4O2S. The number of carbonyl (C=O) groups is 1. The van der Waals surface area contributed by atoms with Crippen molar-refractivity contribution in [2.24, 2.45) is 0 Å². The maximum absolute atomic E-state index is 11.8. The van der Waals surface area contributed by atoms with Gasteiger partial charge in [0.2, 0.25) is 5.13 Å². The third-order valence-corrected chi connectivity index (χ3v) is 5.66. The molecule has 0 unspecified atom stereocenters. The average molecular weight is 336 g/mol. The maximum Gasteiger partial charge on any atom is 0.410 e. The van der Waals surface area contributed by atoms with Crippen LogP contribution in [0.4, 0.5) is 9.93 Å². The SMILES string of the molecule is C=CCOC(=O)N1CCN(c2nnc(C3CCCCC3)s2)CC1. The van der Waals surface area contributed by atoms with Crippen molar-refractivity contribution in [3.8, 4) is 0 Å². The van der Waals surface area contributed by atoms with Crippen LogP contribution in [0, 0.1) is 0 Å². The maximum atomic E-state index is 11.8. The third kappa shape index (κ3) is 4.02. The predicted molar refractivity (Wildman–Crippen MR) is 91.1 cm³/mol. The Bertz CT molecular complexity index is 534. The van der Waals surface area contributed by atoms with Gasteiger partial charge in [-0.2, -0.15) is 0 Å². The first-order valence-corrected chi connectivity index (χ1v) is 9.20. The molecule has 1 aliphatic carbocycles. The van der Waals surface area contributed by atoms with E-state index in [9.17, 15) is 4.79 Å². The van der Waals surface area contributed by atoms with Crippen molar-refractivity contribution in [3.63, 3.8) is 0 Å². The molecule has 0 bridgehead atoms. The zero-order valence-electron chi connectivity index (χ0n) is 13.4. The summed E-state index contributed by atoms with van der Waals surface area (Å²) < 4.78 is 5.08. The first-order chi connectivity index (χ1) is 11.3. The van der Waals surface area contributed by atoms with Crippen LogP contribution >= 0.6 is 11.3 Å². The molecule has 2 heterocycles. The third-order valence-electron chi connectivity index (χ3n) is 4.52. The Balaban J connectivity index is 1.52. The lowest BCUT2D eigenvalue weighted by Crippen LogP contribution is -2.49. The Hall–Kier alpha value is -1.63. The fraction of sp³-hybridized carbons (Fsp3) is 0.688. The first-order valence-electron chi connectivity index (χ1n) is 8.39. The van der Waals surface area contributed by atoms with Gasteiger partial charge in [-0.15, -0.1) is 10.2 Å². The Kier molecular flexibility index (Phi) is 5.48. The van der Waals surface area contributed by atoms with Crippen molar-refractivity contribution < 1.29 is 9.53 Å². The second kappa shape index (κ2) is 7.77. The Morgan fingerprint density at radius 2 is 1.96 bits per heavy atom. The number of nitrogens with zero attached hydrogens (tertiary/aromatic N) is 4. The van der Waals surface area contributed by atoms with E-state index in [0.717, 1.165) is 18.2 Å². The Labute approximate surface area is 141 Å². The average Bonchev–Trinajstić information content (AvgIpc) is 3.11. The largest absolute Gasteiger partial charge is 0.445 e. The molecule has 0 aromatic carbocycles. The van der Waals surface area contributed by atoms with E-state index in [0.29, 0.717) is 19.0 Å². The van der Waals surface area contributed by atoms with Crippen molar-refractivity contribution in [2.75, 3.05) is 37.7 Å². The fourth-order valence-electron chi connectivity index (χ4n) is 3.17. The number of hydrogen-bond donors (Lipinski definition) is 0. The molecule has 1 saturated heterocycles. The van der Waals surface area contributed by atoms with Crippen LogP contribution in [-0.2, 0) is 4.74 Å². The predicted octanol–water partition coefficient (Wildman–Crippen LogP) is 3.03. The summed E-state index contributed by atoms with van der Waals surface area (Å²) >= 11 is 1.73. The van der Waals surface area contributed by atoms with E-state index in [1.54, 1.807) is 22.3 Å². The number of rotatable bonds is 4. The van der Waals surface area contributed by atoms with Gasteiger partial charge in [-0.25, -0.2) is 4.79 Å². The molecule has 1 saturated carbocycles. The molecular weight excluding hydrogens is 312 g/mol. The molecule has 1 aromatic rings. The molecule has 1 amide bonds. The van der Waals surface area contributed by atoms with Gasteiger partial charge in [-0.3, -0.25) is 0 Å². The van der Waals surface area contributed by atoms with E-state index < -0.39 is 0 Å². The van der Waals surface area contributed by atoms with Crippen LogP contribution in [-0.4, -0.2) is 54.0 Å². The summed E-state index contributed by atoms with van der Waals surface area (Å²) in [5.41, 5.74) is 0.